The average Bonchev–Trinajstić information content (AvgIpc) is 2.99. The predicted octanol–water partition coefficient (Wildman–Crippen LogP) is 4.30. The first-order valence-corrected chi connectivity index (χ1v) is 13.5. The van der Waals surface area contributed by atoms with Gasteiger partial charge in [-0.3, -0.25) is 0 Å². The molecule has 6 fully saturated rings. The maximum atomic E-state index is 11.6. The first-order chi connectivity index (χ1) is 14.7. The summed E-state index contributed by atoms with van der Waals surface area (Å²) < 4.78 is 6.70. The highest BCUT2D eigenvalue weighted by Crippen LogP contribution is 2.69. The first-order valence-electron chi connectivity index (χ1n) is 13.5. The van der Waals surface area contributed by atoms with Crippen LogP contribution in [-0.2, 0) is 4.74 Å². The minimum Gasteiger partial charge on any atom is -0.364 e. The second-order valence-electron chi connectivity index (χ2n) is 13.6. The fourth-order valence-electron chi connectivity index (χ4n) is 10.8. The SMILES string of the molecule is C[C@@H]1CN[C@H]2[C@@H](C)[C@H]3C(C[C@H]4[C@@H]5CCC6CC(N)CC[C@]6(C)[C@H]5CC[C@]34C)OC2(O)C1. The number of hydrogen-bond donors (Lipinski definition) is 3. The lowest BCUT2D eigenvalue weighted by molar-refractivity contribution is -0.310. The number of piperidine rings is 1. The van der Waals surface area contributed by atoms with Gasteiger partial charge in [0, 0.05) is 12.5 Å². The second-order valence-corrected chi connectivity index (χ2v) is 13.6. The van der Waals surface area contributed by atoms with E-state index < -0.39 is 5.79 Å². The molecule has 0 aromatic heterocycles. The fourth-order valence-corrected chi connectivity index (χ4v) is 10.8. The van der Waals surface area contributed by atoms with E-state index in [9.17, 15) is 5.11 Å². The standard InChI is InChI=1S/C27H46N2O2/c1-15-13-27(30)24(29-14-15)16(2)23-22(31-27)12-21-19-6-5-17-11-18(28)7-9-25(17,3)20(19)8-10-26(21,23)4/h15-24,29-30H,5-14,28H2,1-4H3/t15-,16-,17?,18?,19+,20-,21-,22?,23-,24-,25-,26-,27?/m0/s1. The van der Waals surface area contributed by atoms with E-state index in [1.807, 2.05) is 0 Å². The molecule has 0 aromatic rings. The number of rotatable bonds is 0. The molecule has 4 unspecified atom stereocenters. The lowest BCUT2D eigenvalue weighted by Crippen LogP contribution is -2.68. The van der Waals surface area contributed by atoms with Crippen LogP contribution in [0.4, 0.5) is 0 Å². The Labute approximate surface area is 189 Å². The van der Waals surface area contributed by atoms with Gasteiger partial charge in [0.15, 0.2) is 5.79 Å². The van der Waals surface area contributed by atoms with Gasteiger partial charge in [-0.15, -0.1) is 0 Å². The Morgan fingerprint density at radius 2 is 1.74 bits per heavy atom. The summed E-state index contributed by atoms with van der Waals surface area (Å²) in [5.74, 6) is 3.88. The number of fused-ring (bicyclic) bond motifs is 8. The number of aliphatic hydroxyl groups is 1. The third kappa shape index (κ3) is 2.87. The van der Waals surface area contributed by atoms with E-state index in [0.29, 0.717) is 34.6 Å². The maximum absolute atomic E-state index is 11.6. The summed E-state index contributed by atoms with van der Waals surface area (Å²) in [6.45, 7) is 10.9. The van der Waals surface area contributed by atoms with Gasteiger partial charge < -0.3 is 20.9 Å². The Morgan fingerprint density at radius 3 is 2.55 bits per heavy atom. The van der Waals surface area contributed by atoms with Gasteiger partial charge in [0.25, 0.3) is 0 Å². The van der Waals surface area contributed by atoms with Gasteiger partial charge in [0.2, 0.25) is 0 Å². The summed E-state index contributed by atoms with van der Waals surface area (Å²) in [6.07, 6.45) is 11.5. The van der Waals surface area contributed by atoms with Crippen LogP contribution in [0.25, 0.3) is 0 Å². The first kappa shape index (κ1) is 21.4. The third-order valence-electron chi connectivity index (χ3n) is 12.1. The van der Waals surface area contributed by atoms with Crippen molar-refractivity contribution in [3.8, 4) is 0 Å². The smallest absolute Gasteiger partial charge is 0.181 e. The van der Waals surface area contributed by atoms with E-state index in [1.165, 1.54) is 51.4 Å². The molecule has 176 valence electrons. The van der Waals surface area contributed by atoms with Crippen molar-refractivity contribution >= 4 is 0 Å². The number of hydrogen-bond acceptors (Lipinski definition) is 4. The molecule has 0 radical (unpaired) electrons. The summed E-state index contributed by atoms with van der Waals surface area (Å²) in [6, 6.07) is 0.525. The third-order valence-corrected chi connectivity index (χ3v) is 12.1. The molecule has 6 rings (SSSR count). The van der Waals surface area contributed by atoms with Crippen molar-refractivity contribution in [2.45, 2.75) is 109 Å². The predicted molar refractivity (Wildman–Crippen MR) is 123 cm³/mol. The number of nitrogens with two attached hydrogens (primary N) is 1. The van der Waals surface area contributed by atoms with Gasteiger partial charge in [-0.2, -0.15) is 0 Å². The van der Waals surface area contributed by atoms with Gasteiger partial charge in [-0.25, -0.2) is 0 Å². The summed E-state index contributed by atoms with van der Waals surface area (Å²) in [4.78, 5) is 0. The van der Waals surface area contributed by atoms with Crippen molar-refractivity contribution in [3.05, 3.63) is 0 Å². The van der Waals surface area contributed by atoms with Crippen LogP contribution >= 0.6 is 0 Å². The van der Waals surface area contributed by atoms with Crippen LogP contribution in [0.2, 0.25) is 0 Å². The number of ether oxygens (including phenoxy) is 1. The van der Waals surface area contributed by atoms with Crippen LogP contribution < -0.4 is 11.1 Å². The van der Waals surface area contributed by atoms with E-state index >= 15 is 0 Å². The van der Waals surface area contributed by atoms with Crippen molar-refractivity contribution in [3.63, 3.8) is 0 Å². The lowest BCUT2D eigenvalue weighted by Gasteiger charge is -2.62. The second kappa shape index (κ2) is 6.93. The molecule has 0 aromatic carbocycles. The zero-order valence-corrected chi connectivity index (χ0v) is 20.3. The van der Waals surface area contributed by atoms with Crippen LogP contribution in [0.1, 0.15) is 85.5 Å². The van der Waals surface area contributed by atoms with Gasteiger partial charge >= 0.3 is 0 Å². The quantitative estimate of drug-likeness (QED) is 0.536. The van der Waals surface area contributed by atoms with E-state index in [1.54, 1.807) is 0 Å². The normalized spacial score (nSPS) is 63.3. The summed E-state index contributed by atoms with van der Waals surface area (Å²) in [5, 5.41) is 15.3. The largest absolute Gasteiger partial charge is 0.364 e. The molecule has 4 N–H and O–H groups in total. The molecule has 0 amide bonds. The van der Waals surface area contributed by atoms with Gasteiger partial charge in [-0.05, 0) is 110 Å². The Kier molecular flexibility index (Phi) is 4.78. The molecule has 6 aliphatic rings. The highest BCUT2D eigenvalue weighted by Gasteiger charge is 2.67. The molecule has 0 bridgehead atoms. The zero-order valence-electron chi connectivity index (χ0n) is 20.3. The number of nitrogens with one attached hydrogen (secondary N) is 1. The highest BCUT2D eigenvalue weighted by atomic mass is 16.6. The van der Waals surface area contributed by atoms with Gasteiger partial charge in [0.05, 0.1) is 12.1 Å². The van der Waals surface area contributed by atoms with Crippen molar-refractivity contribution in [2.75, 3.05) is 6.54 Å². The summed E-state index contributed by atoms with van der Waals surface area (Å²) >= 11 is 0. The molecular weight excluding hydrogens is 384 g/mol. The Bertz CT molecular complexity index is 730. The van der Waals surface area contributed by atoms with Crippen LogP contribution in [0.3, 0.4) is 0 Å². The van der Waals surface area contributed by atoms with Gasteiger partial charge in [-0.1, -0.05) is 27.7 Å². The fraction of sp³-hybridized carbons (Fsp3) is 1.00. The molecule has 4 heteroatoms. The minimum absolute atomic E-state index is 0.0892. The van der Waals surface area contributed by atoms with E-state index in [0.717, 1.165) is 36.6 Å². The topological polar surface area (TPSA) is 67.5 Å². The summed E-state index contributed by atoms with van der Waals surface area (Å²) in [5.41, 5.74) is 7.27. The zero-order chi connectivity index (χ0) is 21.8. The van der Waals surface area contributed by atoms with Crippen molar-refractivity contribution < 1.29 is 9.84 Å². The molecule has 13 atom stereocenters. The summed E-state index contributed by atoms with van der Waals surface area (Å²) in [7, 11) is 0. The molecule has 4 nitrogen and oxygen atoms in total. The van der Waals surface area contributed by atoms with Crippen molar-refractivity contribution in [2.24, 2.45) is 58.0 Å². The van der Waals surface area contributed by atoms with E-state index in [4.69, 9.17) is 10.5 Å². The monoisotopic (exact) mass is 430 g/mol. The molecule has 2 aliphatic heterocycles. The molecule has 31 heavy (non-hydrogen) atoms. The van der Waals surface area contributed by atoms with E-state index in [-0.39, 0.29) is 12.1 Å². The maximum Gasteiger partial charge on any atom is 0.181 e. The minimum atomic E-state index is -0.968. The molecule has 2 saturated heterocycles. The van der Waals surface area contributed by atoms with Crippen LogP contribution in [0, 0.1) is 52.3 Å². The Hall–Kier alpha value is -0.160. The van der Waals surface area contributed by atoms with E-state index in [2.05, 4.69) is 33.0 Å². The molecule has 4 aliphatic carbocycles. The van der Waals surface area contributed by atoms with Crippen molar-refractivity contribution in [1.29, 1.82) is 0 Å². The van der Waals surface area contributed by atoms with Crippen LogP contribution in [0.5, 0.6) is 0 Å². The van der Waals surface area contributed by atoms with Crippen LogP contribution in [-0.4, -0.2) is 35.6 Å². The van der Waals surface area contributed by atoms with Crippen molar-refractivity contribution in [1.82, 2.24) is 5.32 Å². The Morgan fingerprint density at radius 1 is 0.968 bits per heavy atom. The molecule has 0 spiro atoms. The molecular formula is C27H46N2O2. The molecule has 4 saturated carbocycles. The van der Waals surface area contributed by atoms with Gasteiger partial charge in [0.1, 0.15) is 0 Å². The molecule has 2 heterocycles. The van der Waals surface area contributed by atoms with Crippen LogP contribution in [0.15, 0.2) is 0 Å². The average molecular weight is 431 g/mol. The lowest BCUT2D eigenvalue weighted by atomic mass is 9.44. The highest BCUT2D eigenvalue weighted by molar-refractivity contribution is 5.15. The Balaban J connectivity index is 1.30.